The summed E-state index contributed by atoms with van der Waals surface area (Å²) >= 11 is 5.82. The van der Waals surface area contributed by atoms with Crippen molar-refractivity contribution in [1.82, 2.24) is 0 Å². The van der Waals surface area contributed by atoms with E-state index in [1.807, 2.05) is 0 Å². The molecule has 0 aliphatic rings. The molecular formula is C15H11ClO5. The summed E-state index contributed by atoms with van der Waals surface area (Å²) in [4.78, 5) is 12.6. The smallest absolute Gasteiger partial charge is 0.208 e. The monoisotopic (exact) mass is 306 g/mol. The molecule has 0 aliphatic heterocycles. The maximum Gasteiger partial charge on any atom is 0.208 e. The van der Waals surface area contributed by atoms with Crippen molar-refractivity contribution in [3.63, 3.8) is 0 Å². The van der Waals surface area contributed by atoms with Gasteiger partial charge in [0, 0.05) is 0 Å². The van der Waals surface area contributed by atoms with Crippen molar-refractivity contribution in [3.8, 4) is 17.2 Å². The van der Waals surface area contributed by atoms with Crippen LogP contribution in [0.1, 0.15) is 5.56 Å². The Hall–Kier alpha value is -2.40. The molecule has 0 atom stereocenters. The molecule has 3 aromatic rings. The van der Waals surface area contributed by atoms with Gasteiger partial charge < -0.3 is 19.4 Å². The fraction of sp³-hybridized carbons (Fsp3) is 0.133. The zero-order valence-electron chi connectivity index (χ0n) is 11.2. The maximum absolute atomic E-state index is 12.6. The van der Waals surface area contributed by atoms with Crippen LogP contribution in [0.25, 0.3) is 21.9 Å². The summed E-state index contributed by atoms with van der Waals surface area (Å²) in [6, 6.07) is 4.32. The minimum atomic E-state index is -0.568. The number of hydrogen-bond acceptors (Lipinski definition) is 5. The molecule has 3 rings (SSSR count). The van der Waals surface area contributed by atoms with Gasteiger partial charge in [0.15, 0.2) is 11.3 Å². The van der Waals surface area contributed by atoms with Crippen LogP contribution in [-0.2, 0) is 0 Å². The van der Waals surface area contributed by atoms with Gasteiger partial charge in [0.2, 0.25) is 5.43 Å². The molecular weight excluding hydrogens is 296 g/mol. The second kappa shape index (κ2) is 4.56. The van der Waals surface area contributed by atoms with Crippen LogP contribution in [0, 0.1) is 6.92 Å². The van der Waals surface area contributed by atoms with Crippen molar-refractivity contribution in [2.24, 2.45) is 0 Å². The second-order valence-corrected chi connectivity index (χ2v) is 5.06. The van der Waals surface area contributed by atoms with Crippen LogP contribution in [0.15, 0.2) is 27.4 Å². The first-order valence-electron chi connectivity index (χ1n) is 6.10. The Kier molecular flexibility index (Phi) is 2.95. The van der Waals surface area contributed by atoms with Crippen LogP contribution in [0.5, 0.6) is 17.2 Å². The number of rotatable bonds is 1. The maximum atomic E-state index is 12.6. The molecule has 0 saturated heterocycles. The number of halogens is 1. The number of fused-ring (bicyclic) bond motifs is 2. The Bertz CT molecular complexity index is 943. The number of methoxy groups -OCH3 is 1. The molecule has 0 spiro atoms. The van der Waals surface area contributed by atoms with Gasteiger partial charge in [-0.15, -0.1) is 0 Å². The summed E-state index contributed by atoms with van der Waals surface area (Å²) in [7, 11) is 1.45. The van der Waals surface area contributed by atoms with E-state index in [2.05, 4.69) is 0 Å². The third-order valence-corrected chi connectivity index (χ3v) is 3.67. The summed E-state index contributed by atoms with van der Waals surface area (Å²) in [5, 5.41) is 19.9. The average Bonchev–Trinajstić information content (AvgIpc) is 2.42. The first-order valence-corrected chi connectivity index (χ1v) is 6.48. The highest BCUT2D eigenvalue weighted by Gasteiger charge is 2.20. The van der Waals surface area contributed by atoms with Crippen molar-refractivity contribution in [1.29, 1.82) is 0 Å². The van der Waals surface area contributed by atoms with Gasteiger partial charge in [0.25, 0.3) is 0 Å². The van der Waals surface area contributed by atoms with E-state index in [9.17, 15) is 15.0 Å². The molecule has 0 unspecified atom stereocenters. The first kappa shape index (κ1) is 13.6. The molecule has 0 fully saturated rings. The summed E-state index contributed by atoms with van der Waals surface area (Å²) in [5.41, 5.74) is 0.358. The van der Waals surface area contributed by atoms with Gasteiger partial charge in [0.05, 0.1) is 12.1 Å². The van der Waals surface area contributed by atoms with Gasteiger partial charge in [-0.3, -0.25) is 4.79 Å². The molecule has 108 valence electrons. The number of benzene rings is 2. The van der Waals surface area contributed by atoms with Crippen LogP contribution in [-0.4, -0.2) is 17.3 Å². The molecule has 2 aromatic carbocycles. The fourth-order valence-electron chi connectivity index (χ4n) is 2.41. The summed E-state index contributed by atoms with van der Waals surface area (Å²) < 4.78 is 10.9. The largest absolute Gasteiger partial charge is 0.507 e. The quantitative estimate of drug-likeness (QED) is 0.674. The fourth-order valence-corrected chi connectivity index (χ4v) is 2.57. The van der Waals surface area contributed by atoms with E-state index >= 15 is 0 Å². The van der Waals surface area contributed by atoms with Gasteiger partial charge in [-0.1, -0.05) is 11.6 Å². The molecule has 0 saturated carbocycles. The standard InChI is InChI=1S/C15H11ClO5/c1-6-5-8(17)10-13(19)11-9(4-3-7(16)12(11)18)21-15(10)14(6)20-2/h3-5,17-18H,1-2H3. The Labute approximate surface area is 123 Å². The number of aryl methyl sites for hydroxylation is 1. The van der Waals surface area contributed by atoms with E-state index in [0.29, 0.717) is 11.3 Å². The highest BCUT2D eigenvalue weighted by atomic mass is 35.5. The van der Waals surface area contributed by atoms with Crippen LogP contribution >= 0.6 is 11.6 Å². The lowest BCUT2D eigenvalue weighted by Gasteiger charge is -2.11. The van der Waals surface area contributed by atoms with E-state index in [1.165, 1.54) is 25.3 Å². The van der Waals surface area contributed by atoms with E-state index in [-0.39, 0.29) is 38.5 Å². The Balaban J connectivity index is 2.66. The van der Waals surface area contributed by atoms with E-state index < -0.39 is 5.43 Å². The van der Waals surface area contributed by atoms with Gasteiger partial charge in [-0.2, -0.15) is 0 Å². The summed E-state index contributed by atoms with van der Waals surface area (Å²) in [6.07, 6.45) is 0. The SMILES string of the molecule is COc1c(C)cc(O)c2c(=O)c3c(O)c(Cl)ccc3oc12. The lowest BCUT2D eigenvalue weighted by molar-refractivity contribution is 0.406. The second-order valence-electron chi connectivity index (χ2n) is 4.65. The van der Waals surface area contributed by atoms with Crippen molar-refractivity contribution in [2.45, 2.75) is 6.92 Å². The Morgan fingerprint density at radius 2 is 1.95 bits per heavy atom. The van der Waals surface area contributed by atoms with Gasteiger partial charge >= 0.3 is 0 Å². The lowest BCUT2D eigenvalue weighted by Crippen LogP contribution is -2.04. The molecule has 6 heteroatoms. The molecule has 5 nitrogen and oxygen atoms in total. The molecule has 0 aliphatic carbocycles. The Morgan fingerprint density at radius 3 is 2.62 bits per heavy atom. The highest BCUT2D eigenvalue weighted by molar-refractivity contribution is 6.33. The number of ether oxygens (including phenoxy) is 1. The minimum Gasteiger partial charge on any atom is -0.507 e. The van der Waals surface area contributed by atoms with Crippen LogP contribution in [0.4, 0.5) is 0 Å². The average molecular weight is 307 g/mol. The number of phenols is 2. The van der Waals surface area contributed by atoms with Crippen molar-refractivity contribution in [3.05, 3.63) is 39.0 Å². The Morgan fingerprint density at radius 1 is 1.24 bits per heavy atom. The van der Waals surface area contributed by atoms with E-state index in [0.717, 1.165) is 0 Å². The van der Waals surface area contributed by atoms with Gasteiger partial charge in [0.1, 0.15) is 27.9 Å². The molecule has 2 N–H and O–H groups in total. The molecule has 21 heavy (non-hydrogen) atoms. The van der Waals surface area contributed by atoms with Crippen LogP contribution in [0.2, 0.25) is 5.02 Å². The van der Waals surface area contributed by atoms with E-state index in [1.54, 1.807) is 6.92 Å². The van der Waals surface area contributed by atoms with Crippen molar-refractivity contribution >= 4 is 33.5 Å². The molecule has 1 heterocycles. The van der Waals surface area contributed by atoms with Crippen molar-refractivity contribution in [2.75, 3.05) is 7.11 Å². The van der Waals surface area contributed by atoms with Crippen molar-refractivity contribution < 1.29 is 19.4 Å². The zero-order valence-corrected chi connectivity index (χ0v) is 12.0. The highest BCUT2D eigenvalue weighted by Crippen LogP contribution is 2.38. The van der Waals surface area contributed by atoms with Crippen LogP contribution in [0.3, 0.4) is 0 Å². The first-order chi connectivity index (χ1) is 9.95. The lowest BCUT2D eigenvalue weighted by atomic mass is 10.1. The number of aromatic hydroxyl groups is 2. The van der Waals surface area contributed by atoms with Crippen LogP contribution < -0.4 is 10.2 Å². The molecule has 0 bridgehead atoms. The van der Waals surface area contributed by atoms with E-state index in [4.69, 9.17) is 20.8 Å². The molecule has 0 amide bonds. The topological polar surface area (TPSA) is 79.9 Å². The summed E-state index contributed by atoms with van der Waals surface area (Å²) in [5.74, 6) is -0.252. The minimum absolute atomic E-state index is 0.0349. The molecule has 1 aromatic heterocycles. The number of hydrogen-bond donors (Lipinski definition) is 2. The van der Waals surface area contributed by atoms with Gasteiger partial charge in [-0.05, 0) is 30.7 Å². The number of phenolic OH excluding ortho intramolecular Hbond substituents is 2. The summed E-state index contributed by atoms with van der Waals surface area (Å²) in [6.45, 7) is 1.72. The predicted octanol–water partition coefficient (Wildman–Crippen LogP) is 3.33. The van der Waals surface area contributed by atoms with Gasteiger partial charge in [-0.25, -0.2) is 0 Å². The third kappa shape index (κ3) is 1.81. The normalized spacial score (nSPS) is 11.2. The molecule has 0 radical (unpaired) electrons. The third-order valence-electron chi connectivity index (χ3n) is 3.36. The predicted molar refractivity (Wildman–Crippen MR) is 79.6 cm³/mol. The zero-order chi connectivity index (χ0) is 15.3.